The van der Waals surface area contributed by atoms with Gasteiger partial charge in [-0.25, -0.2) is 0 Å². The third-order valence-corrected chi connectivity index (χ3v) is 4.27. The normalized spacial score (nSPS) is 26.4. The molecular formula is C16H32N2O2. The second-order valence-corrected chi connectivity index (χ2v) is 6.03. The van der Waals surface area contributed by atoms with Crippen LogP contribution in [0.1, 0.15) is 64.2 Å². The van der Waals surface area contributed by atoms with Gasteiger partial charge in [-0.15, -0.1) is 0 Å². The van der Waals surface area contributed by atoms with Gasteiger partial charge in [0.25, 0.3) is 0 Å². The topological polar surface area (TPSA) is 42.5 Å². The largest absolute Gasteiger partial charge is 0.362 e. The summed E-state index contributed by atoms with van der Waals surface area (Å²) < 4.78 is 11.1. The molecule has 0 saturated carbocycles. The molecule has 0 amide bonds. The van der Waals surface area contributed by atoms with E-state index in [1.165, 1.54) is 64.2 Å². The number of nitrogens with one attached hydrogen (secondary N) is 2. The van der Waals surface area contributed by atoms with Crippen molar-refractivity contribution in [3.8, 4) is 0 Å². The summed E-state index contributed by atoms with van der Waals surface area (Å²) >= 11 is 0. The highest BCUT2D eigenvalue weighted by atomic mass is 16.5. The van der Waals surface area contributed by atoms with Crippen molar-refractivity contribution in [3.63, 3.8) is 0 Å². The Morgan fingerprint density at radius 2 is 1.00 bits per heavy atom. The van der Waals surface area contributed by atoms with Crippen LogP contribution in [0.3, 0.4) is 0 Å². The van der Waals surface area contributed by atoms with E-state index in [1.807, 2.05) is 0 Å². The van der Waals surface area contributed by atoms with E-state index in [4.69, 9.17) is 9.47 Å². The Kier molecular flexibility index (Phi) is 8.55. The van der Waals surface area contributed by atoms with Crippen LogP contribution in [0.4, 0.5) is 0 Å². The first-order valence-electron chi connectivity index (χ1n) is 8.65. The van der Waals surface area contributed by atoms with Crippen molar-refractivity contribution in [2.24, 2.45) is 0 Å². The fraction of sp³-hybridized carbons (Fsp3) is 1.00. The van der Waals surface area contributed by atoms with Crippen LogP contribution >= 0.6 is 0 Å². The van der Waals surface area contributed by atoms with Gasteiger partial charge in [0.15, 0.2) is 0 Å². The average molecular weight is 284 g/mol. The monoisotopic (exact) mass is 284 g/mol. The molecule has 0 bridgehead atoms. The molecule has 2 fully saturated rings. The van der Waals surface area contributed by atoms with Crippen molar-refractivity contribution < 1.29 is 9.47 Å². The lowest BCUT2D eigenvalue weighted by Gasteiger charge is -2.09. The highest BCUT2D eigenvalue weighted by molar-refractivity contribution is 4.63. The quantitative estimate of drug-likeness (QED) is 0.573. The number of hydrogen-bond acceptors (Lipinski definition) is 4. The van der Waals surface area contributed by atoms with Crippen molar-refractivity contribution >= 4 is 0 Å². The predicted octanol–water partition coefficient (Wildman–Crippen LogP) is 2.78. The maximum absolute atomic E-state index is 5.54. The zero-order valence-electron chi connectivity index (χ0n) is 12.9. The summed E-state index contributed by atoms with van der Waals surface area (Å²) in [5.41, 5.74) is 0. The molecule has 0 aliphatic carbocycles. The average Bonchev–Trinajstić information content (AvgIpc) is 3.14. The second-order valence-electron chi connectivity index (χ2n) is 6.03. The lowest BCUT2D eigenvalue weighted by atomic mass is 10.1. The summed E-state index contributed by atoms with van der Waals surface area (Å²) in [5, 5.41) is 6.73. The molecule has 2 aliphatic rings. The molecular weight excluding hydrogens is 252 g/mol. The number of hydrogen-bond donors (Lipinski definition) is 2. The SMILES string of the molecule is C(CCCCCC1NCCO1)CCCCC1NCCO1. The minimum atomic E-state index is 0.349. The Morgan fingerprint density at radius 3 is 1.35 bits per heavy atom. The Bertz CT molecular complexity index is 203. The molecule has 4 heteroatoms. The van der Waals surface area contributed by atoms with Gasteiger partial charge in [0.2, 0.25) is 0 Å². The molecule has 2 unspecified atom stereocenters. The van der Waals surface area contributed by atoms with Gasteiger partial charge in [-0.1, -0.05) is 38.5 Å². The molecule has 0 radical (unpaired) electrons. The summed E-state index contributed by atoms with van der Waals surface area (Å²) in [6.45, 7) is 3.86. The molecule has 0 aromatic carbocycles. The molecule has 0 aromatic rings. The van der Waals surface area contributed by atoms with Crippen molar-refractivity contribution in [1.82, 2.24) is 10.6 Å². The van der Waals surface area contributed by atoms with E-state index < -0.39 is 0 Å². The first-order chi connectivity index (χ1) is 9.95. The third kappa shape index (κ3) is 7.02. The lowest BCUT2D eigenvalue weighted by Crippen LogP contribution is -2.22. The van der Waals surface area contributed by atoms with Crippen LogP contribution in [-0.2, 0) is 9.47 Å². The van der Waals surface area contributed by atoms with Crippen molar-refractivity contribution in [2.75, 3.05) is 26.3 Å². The third-order valence-electron chi connectivity index (χ3n) is 4.27. The molecule has 4 nitrogen and oxygen atoms in total. The highest BCUT2D eigenvalue weighted by Crippen LogP contribution is 2.14. The predicted molar refractivity (Wildman–Crippen MR) is 81.7 cm³/mol. The van der Waals surface area contributed by atoms with Crippen LogP contribution in [0.15, 0.2) is 0 Å². The Hall–Kier alpha value is -0.160. The zero-order valence-corrected chi connectivity index (χ0v) is 12.9. The van der Waals surface area contributed by atoms with Gasteiger partial charge < -0.3 is 9.47 Å². The van der Waals surface area contributed by atoms with Crippen LogP contribution in [-0.4, -0.2) is 38.8 Å². The smallest absolute Gasteiger partial charge is 0.108 e. The highest BCUT2D eigenvalue weighted by Gasteiger charge is 2.13. The fourth-order valence-corrected chi connectivity index (χ4v) is 3.05. The minimum absolute atomic E-state index is 0.349. The van der Waals surface area contributed by atoms with Gasteiger partial charge in [0.1, 0.15) is 12.5 Å². The fourth-order valence-electron chi connectivity index (χ4n) is 3.05. The van der Waals surface area contributed by atoms with Crippen LogP contribution in [0.5, 0.6) is 0 Å². The van der Waals surface area contributed by atoms with Crippen LogP contribution < -0.4 is 10.6 Å². The lowest BCUT2D eigenvalue weighted by molar-refractivity contribution is 0.0914. The minimum Gasteiger partial charge on any atom is -0.362 e. The molecule has 0 aromatic heterocycles. The second kappa shape index (κ2) is 10.6. The molecule has 20 heavy (non-hydrogen) atoms. The van der Waals surface area contributed by atoms with Crippen LogP contribution in [0.25, 0.3) is 0 Å². The number of ether oxygens (including phenoxy) is 2. The number of unbranched alkanes of at least 4 members (excludes halogenated alkanes) is 7. The molecule has 2 N–H and O–H groups in total. The summed E-state index contributed by atoms with van der Waals surface area (Å²) in [6.07, 6.45) is 14.0. The molecule has 0 spiro atoms. The maximum atomic E-state index is 5.54. The molecule has 2 saturated heterocycles. The maximum Gasteiger partial charge on any atom is 0.108 e. The Labute approximate surface area is 124 Å². The Balaban J connectivity index is 1.26. The molecule has 2 aliphatic heterocycles. The van der Waals surface area contributed by atoms with Crippen molar-refractivity contribution in [3.05, 3.63) is 0 Å². The van der Waals surface area contributed by atoms with E-state index in [9.17, 15) is 0 Å². The molecule has 118 valence electrons. The first kappa shape index (κ1) is 16.2. The van der Waals surface area contributed by atoms with Gasteiger partial charge in [0.05, 0.1) is 13.2 Å². The van der Waals surface area contributed by atoms with E-state index in [2.05, 4.69) is 10.6 Å². The van der Waals surface area contributed by atoms with Gasteiger partial charge in [-0.05, 0) is 25.7 Å². The van der Waals surface area contributed by atoms with Gasteiger partial charge >= 0.3 is 0 Å². The van der Waals surface area contributed by atoms with Crippen LogP contribution in [0.2, 0.25) is 0 Å². The zero-order chi connectivity index (χ0) is 13.9. The van der Waals surface area contributed by atoms with E-state index in [-0.39, 0.29) is 0 Å². The molecule has 2 atom stereocenters. The van der Waals surface area contributed by atoms with E-state index in [0.717, 1.165) is 26.3 Å². The van der Waals surface area contributed by atoms with Gasteiger partial charge in [0, 0.05) is 13.1 Å². The standard InChI is InChI=1S/C16H32N2O2/c1(3-5-7-9-15-17-11-13-19-15)2-4-6-8-10-16-18-12-14-20-16/h15-18H,1-14H2. The van der Waals surface area contributed by atoms with E-state index in [0.29, 0.717) is 12.5 Å². The summed E-state index contributed by atoms with van der Waals surface area (Å²) in [6, 6.07) is 0. The van der Waals surface area contributed by atoms with Crippen molar-refractivity contribution in [2.45, 2.75) is 76.7 Å². The van der Waals surface area contributed by atoms with Gasteiger partial charge in [-0.2, -0.15) is 0 Å². The van der Waals surface area contributed by atoms with Crippen molar-refractivity contribution in [1.29, 1.82) is 0 Å². The first-order valence-corrected chi connectivity index (χ1v) is 8.65. The number of rotatable bonds is 11. The summed E-state index contributed by atoms with van der Waals surface area (Å²) in [4.78, 5) is 0. The van der Waals surface area contributed by atoms with E-state index >= 15 is 0 Å². The molecule has 2 heterocycles. The van der Waals surface area contributed by atoms with Gasteiger partial charge in [-0.3, -0.25) is 10.6 Å². The summed E-state index contributed by atoms with van der Waals surface area (Å²) in [7, 11) is 0. The van der Waals surface area contributed by atoms with E-state index in [1.54, 1.807) is 0 Å². The molecule has 2 rings (SSSR count). The summed E-state index contributed by atoms with van der Waals surface area (Å²) in [5.74, 6) is 0. The Morgan fingerprint density at radius 1 is 0.600 bits per heavy atom. The van der Waals surface area contributed by atoms with Crippen LogP contribution in [0, 0.1) is 0 Å².